The van der Waals surface area contributed by atoms with Gasteiger partial charge in [-0.25, -0.2) is 0 Å². The number of hydrogen-bond donors (Lipinski definition) is 0. The summed E-state index contributed by atoms with van der Waals surface area (Å²) in [6.45, 7) is 3.03. The molecule has 0 atom stereocenters. The molecule has 2 nitrogen and oxygen atoms in total. The van der Waals surface area contributed by atoms with Gasteiger partial charge in [0.15, 0.2) is 0 Å². The Morgan fingerprint density at radius 1 is 1.12 bits per heavy atom. The van der Waals surface area contributed by atoms with Crippen LogP contribution < -0.4 is 9.47 Å². The van der Waals surface area contributed by atoms with Crippen LogP contribution in [0.3, 0.4) is 0 Å². The average molecular weight is 235 g/mol. The Kier molecular flexibility index (Phi) is 7.28. The molecule has 0 bridgehead atoms. The molecule has 0 saturated carbocycles. The highest BCUT2D eigenvalue weighted by atomic mass is 16.5. The molecule has 1 aromatic rings. The summed E-state index contributed by atoms with van der Waals surface area (Å²) in [5.41, 5.74) is 0. The van der Waals surface area contributed by atoms with Crippen LogP contribution in [0, 0.1) is 6.07 Å². The maximum Gasteiger partial charge on any atom is 0.130 e. The minimum Gasteiger partial charge on any atom is -0.496 e. The topological polar surface area (TPSA) is 18.5 Å². The van der Waals surface area contributed by atoms with Crippen LogP contribution in [-0.4, -0.2) is 13.7 Å². The monoisotopic (exact) mass is 235 g/mol. The lowest BCUT2D eigenvalue weighted by Gasteiger charge is -2.07. The van der Waals surface area contributed by atoms with Gasteiger partial charge in [-0.05, 0) is 18.6 Å². The zero-order valence-corrected chi connectivity index (χ0v) is 11.0. The van der Waals surface area contributed by atoms with Gasteiger partial charge in [0.05, 0.1) is 13.7 Å². The van der Waals surface area contributed by atoms with Gasteiger partial charge in [0.25, 0.3) is 0 Å². The second kappa shape index (κ2) is 8.91. The molecule has 0 aliphatic carbocycles. The van der Waals surface area contributed by atoms with E-state index in [0.29, 0.717) is 0 Å². The summed E-state index contributed by atoms with van der Waals surface area (Å²) in [6.07, 6.45) is 7.72. The van der Waals surface area contributed by atoms with E-state index >= 15 is 0 Å². The number of methoxy groups -OCH3 is 1. The maximum absolute atomic E-state index is 5.66. The Hall–Kier alpha value is -1.18. The first-order valence-electron chi connectivity index (χ1n) is 6.55. The van der Waals surface area contributed by atoms with E-state index in [4.69, 9.17) is 9.47 Å². The molecule has 0 N–H and O–H groups in total. The molecule has 0 unspecified atom stereocenters. The minimum absolute atomic E-state index is 0.727. The molecule has 0 amide bonds. The summed E-state index contributed by atoms with van der Waals surface area (Å²) >= 11 is 0. The van der Waals surface area contributed by atoms with Crippen LogP contribution in [0.5, 0.6) is 11.5 Å². The molecule has 0 aliphatic heterocycles. The van der Waals surface area contributed by atoms with Gasteiger partial charge in [-0.15, -0.1) is 0 Å². The molecule has 2 heteroatoms. The van der Waals surface area contributed by atoms with E-state index in [1.54, 1.807) is 7.11 Å². The van der Waals surface area contributed by atoms with Crippen molar-refractivity contribution < 1.29 is 9.47 Å². The third-order valence-electron chi connectivity index (χ3n) is 2.73. The number of unbranched alkanes of at least 4 members (excludes halogenated alkanes) is 5. The fourth-order valence-corrected chi connectivity index (χ4v) is 1.70. The molecule has 0 aromatic heterocycles. The van der Waals surface area contributed by atoms with Crippen LogP contribution >= 0.6 is 0 Å². The molecule has 0 saturated heterocycles. The highest BCUT2D eigenvalue weighted by Gasteiger charge is 1.97. The summed E-state index contributed by atoms with van der Waals surface area (Å²) < 4.78 is 10.7. The third kappa shape index (κ3) is 6.20. The third-order valence-corrected chi connectivity index (χ3v) is 2.73. The summed E-state index contributed by atoms with van der Waals surface area (Å²) in [5, 5.41) is 0. The maximum atomic E-state index is 5.66. The lowest BCUT2D eigenvalue weighted by atomic mass is 10.1. The average Bonchev–Trinajstić information content (AvgIpc) is 2.38. The SMILES string of the molecule is CCCCCCCCOc1cc[c]c(OC)c1. The summed E-state index contributed by atoms with van der Waals surface area (Å²) in [4.78, 5) is 0. The van der Waals surface area contributed by atoms with Crippen molar-refractivity contribution in [1.29, 1.82) is 0 Å². The molecule has 0 heterocycles. The molecule has 0 fully saturated rings. The lowest BCUT2D eigenvalue weighted by molar-refractivity contribution is 0.302. The Morgan fingerprint density at radius 3 is 2.65 bits per heavy atom. The summed E-state index contributed by atoms with van der Waals surface area (Å²) in [6, 6.07) is 8.60. The number of rotatable bonds is 9. The van der Waals surface area contributed by atoms with Gasteiger partial charge in [0.1, 0.15) is 11.5 Å². The highest BCUT2D eigenvalue weighted by Crippen LogP contribution is 2.18. The van der Waals surface area contributed by atoms with Crippen LogP contribution in [0.1, 0.15) is 45.4 Å². The smallest absolute Gasteiger partial charge is 0.130 e. The van der Waals surface area contributed by atoms with Gasteiger partial charge < -0.3 is 9.47 Å². The van der Waals surface area contributed by atoms with Crippen LogP contribution in [0.2, 0.25) is 0 Å². The Balaban J connectivity index is 2.09. The van der Waals surface area contributed by atoms with E-state index in [2.05, 4.69) is 13.0 Å². The van der Waals surface area contributed by atoms with E-state index in [1.165, 1.54) is 32.1 Å². The normalized spacial score (nSPS) is 10.2. The predicted octanol–water partition coefficient (Wildman–Crippen LogP) is 4.23. The minimum atomic E-state index is 0.727. The lowest BCUT2D eigenvalue weighted by Crippen LogP contribution is -1.97. The van der Waals surface area contributed by atoms with Crippen LogP contribution in [-0.2, 0) is 0 Å². The fourth-order valence-electron chi connectivity index (χ4n) is 1.70. The standard InChI is InChI=1S/C15H23O2/c1-3-4-5-6-7-8-12-17-15-11-9-10-14(13-15)16-2/h9,11,13H,3-8,12H2,1-2H3. The molecule has 0 aliphatic rings. The molecule has 1 aromatic carbocycles. The molecule has 1 rings (SSSR count). The Labute approximate surface area is 105 Å². The number of ether oxygens (including phenoxy) is 2. The van der Waals surface area contributed by atoms with E-state index in [9.17, 15) is 0 Å². The van der Waals surface area contributed by atoms with Gasteiger partial charge in [-0.3, -0.25) is 0 Å². The van der Waals surface area contributed by atoms with E-state index in [0.717, 1.165) is 24.5 Å². The van der Waals surface area contributed by atoms with Crippen LogP contribution in [0.15, 0.2) is 18.2 Å². The van der Waals surface area contributed by atoms with Crippen molar-refractivity contribution >= 4 is 0 Å². The van der Waals surface area contributed by atoms with Crippen LogP contribution in [0.4, 0.5) is 0 Å². The van der Waals surface area contributed by atoms with Crippen molar-refractivity contribution in [2.75, 3.05) is 13.7 Å². The quantitative estimate of drug-likeness (QED) is 0.596. The molecule has 0 spiro atoms. The molecule has 95 valence electrons. The van der Waals surface area contributed by atoms with Crippen LogP contribution in [0.25, 0.3) is 0 Å². The van der Waals surface area contributed by atoms with Crippen molar-refractivity contribution in [3.05, 3.63) is 24.3 Å². The van der Waals surface area contributed by atoms with Gasteiger partial charge in [-0.2, -0.15) is 0 Å². The van der Waals surface area contributed by atoms with Gasteiger partial charge >= 0.3 is 0 Å². The predicted molar refractivity (Wildman–Crippen MR) is 70.7 cm³/mol. The van der Waals surface area contributed by atoms with Crippen molar-refractivity contribution in [1.82, 2.24) is 0 Å². The largest absolute Gasteiger partial charge is 0.496 e. The first-order chi connectivity index (χ1) is 8.36. The summed E-state index contributed by atoms with van der Waals surface area (Å²) in [5.74, 6) is 1.60. The van der Waals surface area contributed by atoms with E-state index < -0.39 is 0 Å². The van der Waals surface area contributed by atoms with Gasteiger partial charge in [-0.1, -0.05) is 39.0 Å². The van der Waals surface area contributed by atoms with Gasteiger partial charge in [0.2, 0.25) is 0 Å². The molecular formula is C15H23O2. The van der Waals surface area contributed by atoms with E-state index in [-0.39, 0.29) is 0 Å². The highest BCUT2D eigenvalue weighted by molar-refractivity contribution is 5.31. The number of benzene rings is 1. The molecule has 1 radical (unpaired) electrons. The summed E-state index contributed by atoms with van der Waals surface area (Å²) in [7, 11) is 1.64. The zero-order chi connectivity index (χ0) is 12.3. The first-order valence-corrected chi connectivity index (χ1v) is 6.55. The second-order valence-electron chi connectivity index (χ2n) is 4.21. The fraction of sp³-hybridized carbons (Fsp3) is 0.600. The molecule has 17 heavy (non-hydrogen) atoms. The van der Waals surface area contributed by atoms with Crippen molar-refractivity contribution in [2.45, 2.75) is 45.4 Å². The van der Waals surface area contributed by atoms with E-state index in [1.807, 2.05) is 18.2 Å². The molecular weight excluding hydrogens is 212 g/mol. The number of hydrogen-bond acceptors (Lipinski definition) is 2. The van der Waals surface area contributed by atoms with Gasteiger partial charge in [0, 0.05) is 12.1 Å². The van der Waals surface area contributed by atoms with Crippen molar-refractivity contribution in [2.24, 2.45) is 0 Å². The Morgan fingerprint density at radius 2 is 1.88 bits per heavy atom. The van der Waals surface area contributed by atoms with Crippen molar-refractivity contribution in [3.63, 3.8) is 0 Å². The van der Waals surface area contributed by atoms with Crippen molar-refractivity contribution in [3.8, 4) is 11.5 Å². The zero-order valence-electron chi connectivity index (χ0n) is 11.0. The first kappa shape index (κ1) is 13.9. The second-order valence-corrected chi connectivity index (χ2v) is 4.21. The Bertz CT molecular complexity index is 297.